The first-order valence-corrected chi connectivity index (χ1v) is 15.5. The van der Waals surface area contributed by atoms with Crippen LogP contribution in [0.5, 0.6) is 0 Å². The monoisotopic (exact) mass is 595 g/mol. The van der Waals surface area contributed by atoms with Gasteiger partial charge in [-0.25, -0.2) is 4.79 Å². The van der Waals surface area contributed by atoms with Crippen molar-refractivity contribution in [2.75, 3.05) is 12.0 Å². The summed E-state index contributed by atoms with van der Waals surface area (Å²) in [5.41, 5.74) is 8.90. The largest absolute Gasteiger partial charge is 0.480 e. The van der Waals surface area contributed by atoms with Crippen molar-refractivity contribution >= 4 is 46.4 Å². The SMILES string of the molecule is CSCCC(NC(=O)C(Cc1ccccc1)NC(=O)C(CC(C)C)NC(=O)C(N)Cc1c[nH]c2ccccc12)C(=O)O. The fourth-order valence-corrected chi connectivity index (χ4v) is 5.18. The number of carbonyl (C=O) groups excluding carboxylic acids is 3. The number of rotatable bonds is 16. The van der Waals surface area contributed by atoms with E-state index in [1.807, 2.05) is 80.9 Å². The van der Waals surface area contributed by atoms with Crippen LogP contribution in [0.4, 0.5) is 0 Å². The third-order valence-electron chi connectivity index (χ3n) is 6.93. The maximum Gasteiger partial charge on any atom is 0.326 e. The number of carboxylic acid groups (broad SMARTS) is 1. The first kappa shape index (κ1) is 32.7. The first-order valence-electron chi connectivity index (χ1n) is 14.1. The minimum Gasteiger partial charge on any atom is -0.480 e. The van der Waals surface area contributed by atoms with Crippen LogP contribution in [0.1, 0.15) is 37.8 Å². The van der Waals surface area contributed by atoms with Crippen molar-refractivity contribution in [3.63, 3.8) is 0 Å². The Morgan fingerprint density at radius 2 is 1.48 bits per heavy atom. The molecular weight excluding hydrogens is 554 g/mol. The normalized spacial score (nSPS) is 14.1. The number of carbonyl (C=O) groups is 4. The van der Waals surface area contributed by atoms with E-state index >= 15 is 0 Å². The molecule has 3 amide bonds. The van der Waals surface area contributed by atoms with Gasteiger partial charge < -0.3 is 31.8 Å². The van der Waals surface area contributed by atoms with Gasteiger partial charge in [0.2, 0.25) is 17.7 Å². The number of fused-ring (bicyclic) bond motifs is 1. The fraction of sp³-hybridized carbons (Fsp3) is 0.419. The van der Waals surface area contributed by atoms with E-state index < -0.39 is 47.9 Å². The number of aromatic amines is 1. The van der Waals surface area contributed by atoms with E-state index in [1.165, 1.54) is 11.8 Å². The van der Waals surface area contributed by atoms with Gasteiger partial charge in [-0.1, -0.05) is 62.4 Å². The Hall–Kier alpha value is -3.83. The van der Waals surface area contributed by atoms with E-state index in [2.05, 4.69) is 20.9 Å². The molecule has 4 atom stereocenters. The third-order valence-corrected chi connectivity index (χ3v) is 7.58. The smallest absolute Gasteiger partial charge is 0.326 e. The minimum atomic E-state index is -1.14. The molecule has 0 aliphatic carbocycles. The lowest BCUT2D eigenvalue weighted by atomic mass is 9.99. The highest BCUT2D eigenvalue weighted by Crippen LogP contribution is 2.19. The highest BCUT2D eigenvalue weighted by molar-refractivity contribution is 7.98. The summed E-state index contributed by atoms with van der Waals surface area (Å²) in [6, 6.07) is 12.9. The second-order valence-electron chi connectivity index (χ2n) is 10.8. The molecule has 0 aliphatic heterocycles. The molecule has 2 aromatic carbocycles. The highest BCUT2D eigenvalue weighted by atomic mass is 32.2. The van der Waals surface area contributed by atoms with Crippen molar-refractivity contribution in [3.8, 4) is 0 Å². The molecule has 0 aliphatic rings. The van der Waals surface area contributed by atoms with Gasteiger partial charge in [-0.05, 0) is 54.4 Å². The summed E-state index contributed by atoms with van der Waals surface area (Å²) in [6.45, 7) is 3.85. The van der Waals surface area contributed by atoms with Gasteiger partial charge in [0.05, 0.1) is 6.04 Å². The van der Waals surface area contributed by atoms with Crippen LogP contribution in [0.25, 0.3) is 10.9 Å². The Bertz CT molecular complexity index is 1350. The Kier molecular flexibility index (Phi) is 12.4. The molecule has 10 nitrogen and oxygen atoms in total. The van der Waals surface area contributed by atoms with Crippen molar-refractivity contribution in [1.29, 1.82) is 0 Å². The number of aromatic nitrogens is 1. The standard InChI is InChI=1S/C31H41N5O5S/c1-19(2)15-26(35-28(37)23(32)17-21-18-33-24-12-8-7-11-22(21)24)29(38)36-27(16-20-9-5-4-6-10-20)30(39)34-25(31(40)41)13-14-42-3/h4-12,18-19,23,25-27,33H,13-17,32H2,1-3H3,(H,34,39)(H,35,37)(H,36,38)(H,40,41). The lowest BCUT2D eigenvalue weighted by Crippen LogP contribution is -2.58. The van der Waals surface area contributed by atoms with Crippen LogP contribution >= 0.6 is 11.8 Å². The molecule has 0 saturated heterocycles. The number of benzene rings is 2. The maximum absolute atomic E-state index is 13.6. The zero-order chi connectivity index (χ0) is 30.6. The number of hydrogen-bond donors (Lipinski definition) is 6. The molecule has 0 saturated carbocycles. The minimum absolute atomic E-state index is 0.0511. The fourth-order valence-electron chi connectivity index (χ4n) is 4.71. The van der Waals surface area contributed by atoms with E-state index in [-0.39, 0.29) is 25.2 Å². The summed E-state index contributed by atoms with van der Waals surface area (Å²) >= 11 is 1.48. The number of aliphatic carboxylic acids is 1. The van der Waals surface area contributed by atoms with E-state index in [0.717, 1.165) is 22.0 Å². The summed E-state index contributed by atoms with van der Waals surface area (Å²) in [6.07, 6.45) is 4.67. The van der Waals surface area contributed by atoms with Gasteiger partial charge in [0, 0.05) is 23.5 Å². The van der Waals surface area contributed by atoms with Gasteiger partial charge in [0.15, 0.2) is 0 Å². The summed E-state index contributed by atoms with van der Waals surface area (Å²) in [7, 11) is 0. The van der Waals surface area contributed by atoms with Crippen LogP contribution in [0.3, 0.4) is 0 Å². The Morgan fingerprint density at radius 1 is 0.857 bits per heavy atom. The van der Waals surface area contributed by atoms with Crippen molar-refractivity contribution in [2.45, 2.75) is 63.7 Å². The number of thioether (sulfide) groups is 1. The van der Waals surface area contributed by atoms with Crippen molar-refractivity contribution < 1.29 is 24.3 Å². The van der Waals surface area contributed by atoms with Crippen LogP contribution in [0, 0.1) is 5.92 Å². The Labute approximate surface area is 250 Å². The summed E-state index contributed by atoms with van der Waals surface area (Å²) in [4.78, 5) is 55.0. The predicted molar refractivity (Wildman–Crippen MR) is 166 cm³/mol. The molecule has 3 aromatic rings. The van der Waals surface area contributed by atoms with Crippen molar-refractivity contribution in [2.24, 2.45) is 11.7 Å². The van der Waals surface area contributed by atoms with E-state index in [1.54, 1.807) is 0 Å². The van der Waals surface area contributed by atoms with Gasteiger partial charge in [-0.2, -0.15) is 11.8 Å². The van der Waals surface area contributed by atoms with Crippen LogP contribution in [-0.2, 0) is 32.0 Å². The van der Waals surface area contributed by atoms with Crippen molar-refractivity contribution in [3.05, 3.63) is 71.9 Å². The second kappa shape index (κ2) is 16.0. The average molecular weight is 596 g/mol. The molecule has 1 heterocycles. The van der Waals surface area contributed by atoms with Gasteiger partial charge in [0.1, 0.15) is 18.1 Å². The van der Waals surface area contributed by atoms with Gasteiger partial charge in [-0.15, -0.1) is 0 Å². The Balaban J connectivity index is 1.74. The molecule has 42 heavy (non-hydrogen) atoms. The molecule has 226 valence electrons. The molecule has 0 radical (unpaired) electrons. The van der Waals surface area contributed by atoms with Gasteiger partial charge >= 0.3 is 5.97 Å². The van der Waals surface area contributed by atoms with E-state index in [9.17, 15) is 24.3 Å². The summed E-state index contributed by atoms with van der Waals surface area (Å²) < 4.78 is 0. The second-order valence-corrected chi connectivity index (χ2v) is 11.8. The number of H-pyrrole nitrogens is 1. The zero-order valence-corrected chi connectivity index (χ0v) is 25.1. The summed E-state index contributed by atoms with van der Waals surface area (Å²) in [5.74, 6) is -2.16. The molecule has 11 heteroatoms. The first-order chi connectivity index (χ1) is 20.1. The van der Waals surface area contributed by atoms with Crippen LogP contribution < -0.4 is 21.7 Å². The number of hydrogen-bond acceptors (Lipinski definition) is 6. The number of nitrogens with one attached hydrogen (secondary N) is 4. The third kappa shape index (κ3) is 9.63. The lowest BCUT2D eigenvalue weighted by Gasteiger charge is -2.26. The van der Waals surface area contributed by atoms with Crippen LogP contribution in [0.15, 0.2) is 60.8 Å². The van der Waals surface area contributed by atoms with E-state index in [0.29, 0.717) is 12.2 Å². The average Bonchev–Trinajstić information content (AvgIpc) is 3.37. The predicted octanol–water partition coefficient (Wildman–Crippen LogP) is 2.62. The molecule has 7 N–H and O–H groups in total. The molecule has 0 spiro atoms. The number of nitrogens with two attached hydrogens (primary N) is 1. The van der Waals surface area contributed by atoms with Crippen LogP contribution in [0.2, 0.25) is 0 Å². The maximum atomic E-state index is 13.6. The quantitative estimate of drug-likeness (QED) is 0.148. The number of amides is 3. The molecule has 0 bridgehead atoms. The molecule has 4 unspecified atom stereocenters. The van der Waals surface area contributed by atoms with Crippen LogP contribution in [-0.4, -0.2) is 70.0 Å². The summed E-state index contributed by atoms with van der Waals surface area (Å²) in [5, 5.41) is 18.7. The van der Waals surface area contributed by atoms with Crippen molar-refractivity contribution in [1.82, 2.24) is 20.9 Å². The van der Waals surface area contributed by atoms with Gasteiger partial charge in [0.25, 0.3) is 0 Å². The molecule has 3 rings (SSSR count). The zero-order valence-electron chi connectivity index (χ0n) is 24.3. The topological polar surface area (TPSA) is 166 Å². The highest BCUT2D eigenvalue weighted by Gasteiger charge is 2.31. The molecule has 0 fully saturated rings. The number of carboxylic acids is 1. The molecular formula is C31H41N5O5S. The number of para-hydroxylation sites is 1. The van der Waals surface area contributed by atoms with Gasteiger partial charge in [-0.3, -0.25) is 14.4 Å². The molecule has 1 aromatic heterocycles. The van der Waals surface area contributed by atoms with E-state index in [4.69, 9.17) is 5.73 Å². The lowest BCUT2D eigenvalue weighted by molar-refractivity contribution is -0.142. The Morgan fingerprint density at radius 3 is 2.14 bits per heavy atom.